The van der Waals surface area contributed by atoms with Gasteiger partial charge in [-0.15, -0.1) is 0 Å². The molecular formula is C19H31BrN2O2. The lowest BCUT2D eigenvalue weighted by Crippen LogP contribution is -2.53. The number of nitrogens with one attached hydrogen (secondary N) is 2. The van der Waals surface area contributed by atoms with Crippen LogP contribution in [-0.4, -0.2) is 42.4 Å². The van der Waals surface area contributed by atoms with Gasteiger partial charge in [0, 0.05) is 17.9 Å². The van der Waals surface area contributed by atoms with E-state index < -0.39 is 0 Å². The Morgan fingerprint density at radius 3 is 2.83 bits per heavy atom. The molecular weight excluding hydrogens is 368 g/mol. The van der Waals surface area contributed by atoms with Crippen molar-refractivity contribution in [1.29, 1.82) is 0 Å². The van der Waals surface area contributed by atoms with Gasteiger partial charge in [-0.05, 0) is 75.6 Å². The third-order valence-corrected chi connectivity index (χ3v) is 6.69. The van der Waals surface area contributed by atoms with Crippen LogP contribution in [0.1, 0.15) is 44.9 Å². The highest BCUT2D eigenvalue weighted by Gasteiger charge is 2.32. The van der Waals surface area contributed by atoms with Crippen LogP contribution < -0.4 is 10.6 Å². The molecule has 3 aliphatic rings. The van der Waals surface area contributed by atoms with Crippen molar-refractivity contribution in [1.82, 2.24) is 10.6 Å². The summed E-state index contributed by atoms with van der Waals surface area (Å²) in [5, 5.41) is 17.6. The minimum absolute atomic E-state index is 0.286. The molecule has 4 atom stereocenters. The number of hydrogen-bond acceptors (Lipinski definition) is 4. The minimum Gasteiger partial charge on any atom is -0.508 e. The molecule has 0 aromatic heterocycles. The molecule has 0 amide bonds. The average Bonchev–Trinajstić information content (AvgIpc) is 2.61. The molecule has 1 heterocycles. The normalized spacial score (nSPS) is 35.4. The molecule has 0 spiro atoms. The summed E-state index contributed by atoms with van der Waals surface area (Å²) in [6.07, 6.45) is 12.4. The Bertz CT molecular complexity index is 474. The highest BCUT2D eigenvalue weighted by molar-refractivity contribution is 9.09. The highest BCUT2D eigenvalue weighted by atomic mass is 79.9. The molecule has 24 heavy (non-hydrogen) atoms. The van der Waals surface area contributed by atoms with Gasteiger partial charge in [0.2, 0.25) is 0 Å². The van der Waals surface area contributed by atoms with Crippen LogP contribution in [0, 0.1) is 11.8 Å². The third-order valence-electron chi connectivity index (χ3n) is 5.86. The monoisotopic (exact) mass is 398 g/mol. The van der Waals surface area contributed by atoms with Gasteiger partial charge in [-0.25, -0.2) is 0 Å². The van der Waals surface area contributed by atoms with Gasteiger partial charge in [-0.2, -0.15) is 0 Å². The molecule has 3 N–H and O–H groups in total. The SMILES string of the molecule is COC1CCC(Br)CC1CCC1=C(O)C=CCC1C1NCCCN1. The van der Waals surface area contributed by atoms with E-state index in [1.54, 1.807) is 0 Å². The van der Waals surface area contributed by atoms with Crippen LogP contribution >= 0.6 is 15.9 Å². The number of alkyl halides is 1. The van der Waals surface area contributed by atoms with E-state index in [4.69, 9.17) is 4.74 Å². The molecule has 4 nitrogen and oxygen atoms in total. The Hall–Kier alpha value is -0.360. The van der Waals surface area contributed by atoms with Crippen LogP contribution in [0.4, 0.5) is 0 Å². The zero-order valence-corrected chi connectivity index (χ0v) is 16.2. The lowest BCUT2D eigenvalue weighted by atomic mass is 9.79. The van der Waals surface area contributed by atoms with Crippen molar-refractivity contribution in [2.75, 3.05) is 20.2 Å². The second-order valence-corrected chi connectivity index (χ2v) is 8.67. The maximum atomic E-state index is 10.5. The van der Waals surface area contributed by atoms with Crippen molar-refractivity contribution in [3.8, 4) is 0 Å². The van der Waals surface area contributed by atoms with Crippen LogP contribution in [0.15, 0.2) is 23.5 Å². The predicted octanol–water partition coefficient (Wildman–Crippen LogP) is 3.64. The van der Waals surface area contributed by atoms with Crippen molar-refractivity contribution >= 4 is 15.9 Å². The number of ether oxygens (including phenoxy) is 1. The summed E-state index contributed by atoms with van der Waals surface area (Å²) in [5.41, 5.74) is 1.22. The fourth-order valence-corrected chi connectivity index (χ4v) is 5.25. The van der Waals surface area contributed by atoms with E-state index in [0.29, 0.717) is 28.5 Å². The molecule has 2 aliphatic carbocycles. The molecule has 2 fully saturated rings. The number of rotatable bonds is 5. The van der Waals surface area contributed by atoms with Crippen molar-refractivity contribution < 1.29 is 9.84 Å². The highest BCUT2D eigenvalue weighted by Crippen LogP contribution is 2.37. The van der Waals surface area contributed by atoms with E-state index in [1.807, 2.05) is 13.2 Å². The first-order chi connectivity index (χ1) is 11.7. The summed E-state index contributed by atoms with van der Waals surface area (Å²) in [6.45, 7) is 2.12. The molecule has 1 saturated heterocycles. The Morgan fingerprint density at radius 2 is 2.08 bits per heavy atom. The van der Waals surface area contributed by atoms with E-state index in [1.165, 1.54) is 24.8 Å². The number of methoxy groups -OCH3 is 1. The van der Waals surface area contributed by atoms with E-state index >= 15 is 0 Å². The molecule has 1 aliphatic heterocycles. The van der Waals surface area contributed by atoms with Crippen LogP contribution in [-0.2, 0) is 4.74 Å². The van der Waals surface area contributed by atoms with Gasteiger partial charge < -0.3 is 20.5 Å². The van der Waals surface area contributed by atoms with Gasteiger partial charge in [-0.3, -0.25) is 0 Å². The minimum atomic E-state index is 0.286. The van der Waals surface area contributed by atoms with Crippen LogP contribution in [0.3, 0.4) is 0 Å². The summed E-state index contributed by atoms with van der Waals surface area (Å²) in [6, 6.07) is 0. The molecule has 4 unspecified atom stereocenters. The molecule has 1 saturated carbocycles. The van der Waals surface area contributed by atoms with Crippen molar-refractivity contribution in [3.05, 3.63) is 23.5 Å². The van der Waals surface area contributed by atoms with Crippen LogP contribution in [0.5, 0.6) is 0 Å². The quantitative estimate of drug-likeness (QED) is 0.618. The maximum absolute atomic E-state index is 10.5. The van der Waals surface area contributed by atoms with Gasteiger partial charge in [-0.1, -0.05) is 22.0 Å². The standard InChI is InChI=1S/C19H31BrN2O2/c1-24-18-9-7-14(20)12-13(18)6-8-15-16(4-2-5-17(15)23)19-21-10-3-11-22-19/h2,5,13-14,16,18-19,21-23H,3-4,6-12H2,1H3. The Morgan fingerprint density at radius 1 is 1.29 bits per heavy atom. The number of aliphatic hydroxyl groups is 1. The first-order valence-electron chi connectivity index (χ1n) is 9.41. The van der Waals surface area contributed by atoms with Crippen LogP contribution in [0.25, 0.3) is 0 Å². The summed E-state index contributed by atoms with van der Waals surface area (Å²) >= 11 is 3.79. The van der Waals surface area contributed by atoms with Gasteiger partial charge in [0.15, 0.2) is 0 Å². The van der Waals surface area contributed by atoms with Crippen molar-refractivity contribution in [2.45, 2.75) is 62.0 Å². The fourth-order valence-electron chi connectivity index (χ4n) is 4.51. The second kappa shape index (κ2) is 8.84. The maximum Gasteiger partial charge on any atom is 0.114 e. The molecule has 5 heteroatoms. The van der Waals surface area contributed by atoms with E-state index in [2.05, 4.69) is 32.6 Å². The zero-order chi connectivity index (χ0) is 16.9. The smallest absolute Gasteiger partial charge is 0.114 e. The van der Waals surface area contributed by atoms with Gasteiger partial charge >= 0.3 is 0 Å². The zero-order valence-electron chi connectivity index (χ0n) is 14.6. The van der Waals surface area contributed by atoms with Gasteiger partial charge in [0.25, 0.3) is 0 Å². The van der Waals surface area contributed by atoms with E-state index in [0.717, 1.165) is 38.8 Å². The summed E-state index contributed by atoms with van der Waals surface area (Å²) in [5.74, 6) is 1.42. The van der Waals surface area contributed by atoms with E-state index in [-0.39, 0.29) is 6.17 Å². The van der Waals surface area contributed by atoms with Crippen LogP contribution in [0.2, 0.25) is 0 Å². The van der Waals surface area contributed by atoms with Crippen molar-refractivity contribution in [2.24, 2.45) is 11.8 Å². The second-order valence-electron chi connectivity index (χ2n) is 7.38. The van der Waals surface area contributed by atoms with Gasteiger partial charge in [0.05, 0.1) is 12.3 Å². The Labute approximate surface area is 154 Å². The van der Waals surface area contributed by atoms with Crippen molar-refractivity contribution in [3.63, 3.8) is 0 Å². The molecule has 3 rings (SSSR count). The first-order valence-corrected chi connectivity index (χ1v) is 10.3. The molecule has 0 aromatic rings. The summed E-state index contributed by atoms with van der Waals surface area (Å²) < 4.78 is 5.72. The lowest BCUT2D eigenvalue weighted by molar-refractivity contribution is 0.0223. The number of halogens is 1. The topological polar surface area (TPSA) is 53.5 Å². The molecule has 0 bridgehead atoms. The largest absolute Gasteiger partial charge is 0.508 e. The summed E-state index contributed by atoms with van der Waals surface area (Å²) in [4.78, 5) is 0.611. The van der Waals surface area contributed by atoms with E-state index in [9.17, 15) is 5.11 Å². The lowest BCUT2D eigenvalue weighted by Gasteiger charge is -2.37. The third kappa shape index (κ3) is 4.43. The number of aliphatic hydroxyl groups excluding tert-OH is 1. The number of hydrogen-bond donors (Lipinski definition) is 3. The molecule has 0 radical (unpaired) electrons. The van der Waals surface area contributed by atoms with Gasteiger partial charge in [0.1, 0.15) is 5.76 Å². The molecule has 136 valence electrons. The summed E-state index contributed by atoms with van der Waals surface area (Å²) in [7, 11) is 1.84. The predicted molar refractivity (Wildman–Crippen MR) is 101 cm³/mol. The Balaban J connectivity index is 1.65. The Kier molecular flexibility index (Phi) is 6.79. The average molecular weight is 399 g/mol. The molecule has 0 aromatic carbocycles. The fraction of sp³-hybridized carbons (Fsp3) is 0.789. The number of allylic oxidation sites excluding steroid dienone is 2. The first kappa shape index (κ1) is 18.4.